The summed E-state index contributed by atoms with van der Waals surface area (Å²) in [6.45, 7) is 2.12. The summed E-state index contributed by atoms with van der Waals surface area (Å²) in [5.41, 5.74) is 0. The molecule has 0 aromatic carbocycles. The number of thiazole rings is 1. The number of hydrogen-bond donors (Lipinski definition) is 1. The monoisotopic (exact) mass is 294 g/mol. The smallest absolute Gasteiger partial charge is 0.320 e. The van der Waals surface area contributed by atoms with E-state index in [1.54, 1.807) is 11.3 Å². The van der Waals surface area contributed by atoms with Crippen LogP contribution in [0.15, 0.2) is 11.6 Å². The van der Waals surface area contributed by atoms with E-state index in [1.807, 2.05) is 11.6 Å². The van der Waals surface area contributed by atoms with E-state index < -0.39 is 5.97 Å². The van der Waals surface area contributed by atoms with Crippen molar-refractivity contribution in [3.8, 4) is 0 Å². The molecule has 0 amide bonds. The number of hydrogen-bond acceptors (Lipinski definition) is 4. The maximum absolute atomic E-state index is 11.7. The largest absolute Gasteiger partial charge is 0.480 e. The molecule has 4 nitrogen and oxygen atoms in total. The Kier molecular flexibility index (Phi) is 4.08. The Bertz CT molecular complexity index is 462. The van der Waals surface area contributed by atoms with Crippen LogP contribution < -0.4 is 0 Å². The lowest BCUT2D eigenvalue weighted by molar-refractivity contribution is -0.150. The number of likely N-dealkylation sites (tertiary alicyclic amines) is 1. The van der Waals surface area contributed by atoms with Crippen LogP contribution in [0.5, 0.6) is 0 Å². The first kappa shape index (κ1) is 14.0. The summed E-state index contributed by atoms with van der Waals surface area (Å²) in [7, 11) is 0. The van der Waals surface area contributed by atoms with Gasteiger partial charge in [-0.2, -0.15) is 0 Å². The molecule has 4 unspecified atom stereocenters. The van der Waals surface area contributed by atoms with E-state index in [1.165, 1.54) is 19.3 Å². The Morgan fingerprint density at radius 3 is 2.90 bits per heavy atom. The predicted molar refractivity (Wildman–Crippen MR) is 78.8 cm³/mol. The van der Waals surface area contributed by atoms with Crippen LogP contribution >= 0.6 is 11.3 Å². The third-order valence-corrected chi connectivity index (χ3v) is 5.91. The number of aliphatic carboxylic acids is 1. The molecule has 110 valence electrons. The molecular formula is C15H22N2O2S. The van der Waals surface area contributed by atoms with Crippen molar-refractivity contribution in [2.45, 2.75) is 63.6 Å². The molecule has 5 heteroatoms. The van der Waals surface area contributed by atoms with Crippen LogP contribution in [0.1, 0.15) is 56.5 Å². The summed E-state index contributed by atoms with van der Waals surface area (Å²) in [5, 5.41) is 12.6. The minimum atomic E-state index is -0.669. The molecule has 1 aromatic heterocycles. The van der Waals surface area contributed by atoms with Gasteiger partial charge in [0, 0.05) is 17.6 Å². The second-order valence-electron chi connectivity index (χ2n) is 6.04. The molecule has 3 rings (SSSR count). The highest BCUT2D eigenvalue weighted by atomic mass is 32.1. The van der Waals surface area contributed by atoms with Crippen molar-refractivity contribution in [1.29, 1.82) is 0 Å². The Hall–Kier alpha value is -0.940. The van der Waals surface area contributed by atoms with Gasteiger partial charge in [0.15, 0.2) is 0 Å². The van der Waals surface area contributed by atoms with Gasteiger partial charge in [0.1, 0.15) is 11.0 Å². The third kappa shape index (κ3) is 2.49. The summed E-state index contributed by atoms with van der Waals surface area (Å²) < 4.78 is 0. The average molecular weight is 294 g/mol. The van der Waals surface area contributed by atoms with Crippen molar-refractivity contribution < 1.29 is 9.90 Å². The fraction of sp³-hybridized carbons (Fsp3) is 0.733. The van der Waals surface area contributed by atoms with Crippen LogP contribution in [0.2, 0.25) is 0 Å². The van der Waals surface area contributed by atoms with Crippen molar-refractivity contribution in [2.24, 2.45) is 5.92 Å². The van der Waals surface area contributed by atoms with E-state index in [2.05, 4.69) is 16.8 Å². The highest BCUT2D eigenvalue weighted by Gasteiger charge is 2.44. The minimum absolute atomic E-state index is 0.113. The van der Waals surface area contributed by atoms with Crippen LogP contribution in [0, 0.1) is 5.92 Å². The second-order valence-corrected chi connectivity index (χ2v) is 6.96. The summed E-state index contributed by atoms with van der Waals surface area (Å²) in [6, 6.07) is 0.202. The van der Waals surface area contributed by atoms with Gasteiger partial charge in [-0.1, -0.05) is 12.8 Å². The van der Waals surface area contributed by atoms with Gasteiger partial charge in [0.25, 0.3) is 0 Å². The molecular weight excluding hydrogens is 272 g/mol. The number of carboxylic acids is 1. The van der Waals surface area contributed by atoms with Gasteiger partial charge in [-0.05, 0) is 38.5 Å². The highest BCUT2D eigenvalue weighted by molar-refractivity contribution is 7.09. The van der Waals surface area contributed by atoms with E-state index in [-0.39, 0.29) is 12.1 Å². The van der Waals surface area contributed by atoms with Crippen LogP contribution in [0.4, 0.5) is 0 Å². The fourth-order valence-electron chi connectivity index (χ4n) is 4.05. The SMILES string of the molecule is CC(c1nccs1)N1C(C(=O)O)CCC2CCCCC21. The zero-order chi connectivity index (χ0) is 14.1. The molecule has 1 saturated carbocycles. The van der Waals surface area contributed by atoms with Crippen molar-refractivity contribution in [2.75, 3.05) is 0 Å². The summed E-state index contributed by atoms with van der Waals surface area (Å²) in [6.07, 6.45) is 8.61. The molecule has 0 bridgehead atoms. The first-order valence-electron chi connectivity index (χ1n) is 7.58. The van der Waals surface area contributed by atoms with Crippen molar-refractivity contribution in [1.82, 2.24) is 9.88 Å². The van der Waals surface area contributed by atoms with E-state index in [4.69, 9.17) is 0 Å². The molecule has 1 aliphatic carbocycles. The van der Waals surface area contributed by atoms with Gasteiger partial charge in [-0.3, -0.25) is 9.69 Å². The maximum Gasteiger partial charge on any atom is 0.320 e. The Morgan fingerprint density at radius 2 is 2.20 bits per heavy atom. The lowest BCUT2D eigenvalue weighted by atomic mass is 9.75. The first-order chi connectivity index (χ1) is 9.68. The quantitative estimate of drug-likeness (QED) is 0.929. The zero-order valence-corrected chi connectivity index (χ0v) is 12.7. The van der Waals surface area contributed by atoms with Gasteiger partial charge in [-0.15, -0.1) is 11.3 Å². The number of nitrogens with zero attached hydrogens (tertiary/aromatic N) is 2. The second kappa shape index (κ2) is 5.82. The molecule has 2 heterocycles. The number of rotatable bonds is 3. The number of aromatic nitrogens is 1. The van der Waals surface area contributed by atoms with E-state index in [0.29, 0.717) is 12.0 Å². The minimum Gasteiger partial charge on any atom is -0.480 e. The van der Waals surface area contributed by atoms with Crippen LogP contribution in [0.3, 0.4) is 0 Å². The first-order valence-corrected chi connectivity index (χ1v) is 8.46. The Morgan fingerprint density at radius 1 is 1.40 bits per heavy atom. The Balaban J connectivity index is 1.89. The highest BCUT2D eigenvalue weighted by Crippen LogP contribution is 2.42. The van der Waals surface area contributed by atoms with Crippen LogP contribution in [0.25, 0.3) is 0 Å². The lowest BCUT2D eigenvalue weighted by Gasteiger charge is -2.49. The fourth-order valence-corrected chi connectivity index (χ4v) is 4.75. The number of carboxylic acid groups (broad SMARTS) is 1. The number of fused-ring (bicyclic) bond motifs is 1. The maximum atomic E-state index is 11.7. The molecule has 0 radical (unpaired) electrons. The molecule has 1 N–H and O–H groups in total. The predicted octanol–water partition coefficient (Wildman–Crippen LogP) is 3.31. The summed E-state index contributed by atoms with van der Waals surface area (Å²) in [4.78, 5) is 18.3. The van der Waals surface area contributed by atoms with Crippen molar-refractivity contribution in [3.05, 3.63) is 16.6 Å². The lowest BCUT2D eigenvalue weighted by Crippen LogP contribution is -2.55. The molecule has 2 aliphatic rings. The molecule has 0 spiro atoms. The zero-order valence-electron chi connectivity index (χ0n) is 11.9. The van der Waals surface area contributed by atoms with E-state index in [9.17, 15) is 9.90 Å². The summed E-state index contributed by atoms with van der Waals surface area (Å²) in [5.74, 6) is 0.0131. The topological polar surface area (TPSA) is 53.4 Å². The van der Waals surface area contributed by atoms with Crippen LogP contribution in [-0.2, 0) is 4.79 Å². The van der Waals surface area contributed by atoms with Crippen molar-refractivity contribution in [3.63, 3.8) is 0 Å². The Labute approximate surface area is 123 Å². The normalized spacial score (nSPS) is 32.5. The number of piperidine rings is 1. The van der Waals surface area contributed by atoms with E-state index in [0.717, 1.165) is 24.3 Å². The average Bonchev–Trinajstić information content (AvgIpc) is 2.99. The van der Waals surface area contributed by atoms with Gasteiger partial charge in [0.05, 0.1) is 6.04 Å². The molecule has 1 aromatic rings. The van der Waals surface area contributed by atoms with Gasteiger partial charge < -0.3 is 5.11 Å². The van der Waals surface area contributed by atoms with Gasteiger partial charge in [0.2, 0.25) is 0 Å². The molecule has 1 saturated heterocycles. The third-order valence-electron chi connectivity index (χ3n) is 4.96. The van der Waals surface area contributed by atoms with Crippen molar-refractivity contribution >= 4 is 17.3 Å². The molecule has 20 heavy (non-hydrogen) atoms. The molecule has 4 atom stereocenters. The standard InChI is InChI=1S/C15H22N2O2S/c1-10(14-16-8-9-20-14)17-12-5-3-2-4-11(12)6-7-13(17)15(18)19/h8-13H,2-7H2,1H3,(H,18,19). The van der Waals surface area contributed by atoms with Gasteiger partial charge >= 0.3 is 5.97 Å². The van der Waals surface area contributed by atoms with Crippen LogP contribution in [-0.4, -0.2) is 33.0 Å². The molecule has 1 aliphatic heterocycles. The molecule has 2 fully saturated rings. The van der Waals surface area contributed by atoms with E-state index >= 15 is 0 Å². The summed E-state index contributed by atoms with van der Waals surface area (Å²) >= 11 is 1.63. The number of carbonyl (C=O) groups is 1. The van der Waals surface area contributed by atoms with Gasteiger partial charge in [-0.25, -0.2) is 4.98 Å².